The molecule has 2 aromatic rings. The molecular weight excluding hydrogens is 504 g/mol. The smallest absolute Gasteiger partial charge is 0.248 e. The predicted octanol–water partition coefficient (Wildman–Crippen LogP) is 3.03. The number of oxime groups is 1. The van der Waals surface area contributed by atoms with Gasteiger partial charge < -0.3 is 15.5 Å². The van der Waals surface area contributed by atoms with Gasteiger partial charge in [0, 0.05) is 30.5 Å². The van der Waals surface area contributed by atoms with E-state index in [1.165, 1.54) is 25.9 Å². The van der Waals surface area contributed by atoms with Crippen LogP contribution in [0, 0.1) is 17.8 Å². The third kappa shape index (κ3) is 9.83. The van der Waals surface area contributed by atoms with Crippen molar-refractivity contribution in [1.82, 2.24) is 16.1 Å². The molecule has 3 atom stereocenters. The standard InChI is InChI=1S/C28H38N4O5S/c1-19(2)15-22(26(33)30-24(28(35)29-3)16-20-11-7-5-8-12-20)23(27(34)31-36)17-38-18-25(32-37-4)21-13-9-6-10-14-21/h5-14,19,22-24,36H,15-18H2,1-4H3,(H,29,35)(H,30,33)(H,31,34)/b32-25-/t22-,23+,24+/m1/s1. The van der Waals surface area contributed by atoms with Gasteiger partial charge in [0.1, 0.15) is 13.2 Å². The Bertz CT molecular complexity index is 1050. The summed E-state index contributed by atoms with van der Waals surface area (Å²) in [6, 6.07) is 18.1. The van der Waals surface area contributed by atoms with Crippen molar-refractivity contribution in [3.8, 4) is 0 Å². The number of hydrogen-bond acceptors (Lipinski definition) is 7. The van der Waals surface area contributed by atoms with Crippen LogP contribution in [-0.2, 0) is 25.6 Å². The highest BCUT2D eigenvalue weighted by atomic mass is 32.2. The van der Waals surface area contributed by atoms with Crippen LogP contribution < -0.4 is 16.1 Å². The summed E-state index contributed by atoms with van der Waals surface area (Å²) < 4.78 is 0. The van der Waals surface area contributed by atoms with E-state index in [1.54, 1.807) is 5.48 Å². The van der Waals surface area contributed by atoms with Crippen molar-refractivity contribution >= 4 is 35.2 Å². The first-order valence-corrected chi connectivity index (χ1v) is 13.7. The largest absolute Gasteiger partial charge is 0.399 e. The molecule has 0 heterocycles. The fraction of sp³-hybridized carbons (Fsp3) is 0.429. The van der Waals surface area contributed by atoms with Crippen molar-refractivity contribution in [3.63, 3.8) is 0 Å². The summed E-state index contributed by atoms with van der Waals surface area (Å²) in [6.45, 7) is 3.92. The van der Waals surface area contributed by atoms with Gasteiger partial charge >= 0.3 is 0 Å². The lowest BCUT2D eigenvalue weighted by atomic mass is 9.84. The molecule has 0 aliphatic rings. The minimum absolute atomic E-state index is 0.0900. The number of likely N-dealkylation sites (N-methyl/N-ethyl adjacent to an activating group) is 1. The zero-order valence-corrected chi connectivity index (χ0v) is 23.2. The van der Waals surface area contributed by atoms with E-state index in [2.05, 4.69) is 15.8 Å². The summed E-state index contributed by atoms with van der Waals surface area (Å²) in [7, 11) is 2.99. The van der Waals surface area contributed by atoms with Crippen molar-refractivity contribution in [1.29, 1.82) is 0 Å². The van der Waals surface area contributed by atoms with Gasteiger partial charge in [-0.15, -0.1) is 0 Å². The van der Waals surface area contributed by atoms with Crippen molar-refractivity contribution in [3.05, 3.63) is 71.8 Å². The van der Waals surface area contributed by atoms with E-state index in [1.807, 2.05) is 74.5 Å². The van der Waals surface area contributed by atoms with Crippen LogP contribution in [0.1, 0.15) is 31.4 Å². The second-order valence-electron chi connectivity index (χ2n) is 9.29. The molecule has 9 nitrogen and oxygen atoms in total. The average molecular weight is 543 g/mol. The molecule has 206 valence electrons. The van der Waals surface area contributed by atoms with Crippen LogP contribution in [-0.4, -0.2) is 60.3 Å². The SMILES string of the molecule is CNC(=O)[C@H](Cc1ccccc1)NC(=O)[C@H](CC(C)C)[C@H](CSC/C(=N/OC)c1ccccc1)C(=O)NO. The fourth-order valence-electron chi connectivity index (χ4n) is 4.12. The first kappa shape index (κ1) is 30.9. The molecule has 4 N–H and O–H groups in total. The van der Waals surface area contributed by atoms with Crippen molar-refractivity contribution in [2.24, 2.45) is 22.9 Å². The Labute approximate surface area is 228 Å². The molecule has 0 saturated heterocycles. The van der Waals surface area contributed by atoms with Crippen molar-refractivity contribution < 1.29 is 24.4 Å². The maximum absolute atomic E-state index is 13.6. The van der Waals surface area contributed by atoms with Crippen LogP contribution in [0.25, 0.3) is 0 Å². The van der Waals surface area contributed by atoms with Gasteiger partial charge in [0.25, 0.3) is 0 Å². The van der Waals surface area contributed by atoms with E-state index in [-0.39, 0.29) is 17.6 Å². The lowest BCUT2D eigenvalue weighted by molar-refractivity contribution is -0.140. The van der Waals surface area contributed by atoms with Gasteiger partial charge in [-0.3, -0.25) is 19.6 Å². The number of carbonyl (C=O) groups excluding carboxylic acids is 3. The summed E-state index contributed by atoms with van der Waals surface area (Å²) in [6.07, 6.45) is 0.703. The van der Waals surface area contributed by atoms with E-state index in [4.69, 9.17) is 4.84 Å². The quantitative estimate of drug-likeness (QED) is 0.156. The lowest BCUT2D eigenvalue weighted by Crippen LogP contribution is -2.51. The normalized spacial score (nSPS) is 13.8. The summed E-state index contributed by atoms with van der Waals surface area (Å²) >= 11 is 1.41. The minimum Gasteiger partial charge on any atom is -0.399 e. The van der Waals surface area contributed by atoms with E-state index in [9.17, 15) is 19.6 Å². The highest BCUT2D eigenvalue weighted by Crippen LogP contribution is 2.26. The number of hydrogen-bond donors (Lipinski definition) is 4. The summed E-state index contributed by atoms with van der Waals surface area (Å²) in [5, 5.41) is 19.1. The van der Waals surface area contributed by atoms with Crippen LogP contribution in [0.15, 0.2) is 65.8 Å². The van der Waals surface area contributed by atoms with Crippen LogP contribution in [0.4, 0.5) is 0 Å². The number of nitrogens with one attached hydrogen (secondary N) is 3. The molecule has 0 fully saturated rings. The summed E-state index contributed by atoms with van der Waals surface area (Å²) in [5.41, 5.74) is 4.20. The third-order valence-electron chi connectivity index (χ3n) is 6.00. The number of hydroxylamine groups is 1. The zero-order valence-electron chi connectivity index (χ0n) is 22.3. The van der Waals surface area contributed by atoms with Gasteiger partial charge in [-0.1, -0.05) is 79.7 Å². The number of rotatable bonds is 15. The molecular formula is C28H38N4O5S. The average Bonchev–Trinajstić information content (AvgIpc) is 2.93. The van der Waals surface area contributed by atoms with Gasteiger partial charge in [-0.25, -0.2) is 5.48 Å². The highest BCUT2D eigenvalue weighted by molar-refractivity contribution is 8.00. The Morgan fingerprint density at radius 3 is 2.13 bits per heavy atom. The van der Waals surface area contributed by atoms with Gasteiger partial charge in [-0.2, -0.15) is 11.8 Å². The Morgan fingerprint density at radius 2 is 1.58 bits per heavy atom. The maximum atomic E-state index is 13.6. The molecule has 2 rings (SSSR count). The molecule has 3 amide bonds. The molecule has 0 bridgehead atoms. The van der Waals surface area contributed by atoms with Crippen molar-refractivity contribution in [2.75, 3.05) is 25.7 Å². The molecule has 38 heavy (non-hydrogen) atoms. The Morgan fingerprint density at radius 1 is 0.947 bits per heavy atom. The molecule has 10 heteroatoms. The number of benzene rings is 2. The number of thioether (sulfide) groups is 1. The summed E-state index contributed by atoms with van der Waals surface area (Å²) in [4.78, 5) is 44.0. The molecule has 0 aromatic heterocycles. The third-order valence-corrected chi connectivity index (χ3v) is 7.07. The minimum atomic E-state index is -0.839. The Hall–Kier alpha value is -3.37. The Balaban J connectivity index is 2.23. The highest BCUT2D eigenvalue weighted by Gasteiger charge is 2.36. The van der Waals surface area contributed by atoms with Gasteiger partial charge in [0.15, 0.2) is 0 Å². The topological polar surface area (TPSA) is 129 Å². The Kier molecular flexibility index (Phi) is 13.4. The molecule has 2 aromatic carbocycles. The fourth-order valence-corrected chi connectivity index (χ4v) is 5.29. The first-order chi connectivity index (χ1) is 18.3. The number of carbonyl (C=O) groups is 3. The maximum Gasteiger partial charge on any atom is 0.248 e. The van der Waals surface area contributed by atoms with E-state index in [0.29, 0.717) is 24.3 Å². The number of amides is 3. The summed E-state index contributed by atoms with van der Waals surface area (Å²) in [5.74, 6) is -2.23. The van der Waals surface area contributed by atoms with E-state index >= 15 is 0 Å². The lowest BCUT2D eigenvalue weighted by Gasteiger charge is -2.28. The number of nitrogens with zero attached hydrogens (tertiary/aromatic N) is 1. The predicted molar refractivity (Wildman–Crippen MR) is 150 cm³/mol. The van der Waals surface area contributed by atoms with Crippen molar-refractivity contribution in [2.45, 2.75) is 32.7 Å². The molecule has 0 unspecified atom stereocenters. The molecule has 0 aliphatic heterocycles. The van der Waals surface area contributed by atoms with Gasteiger partial charge in [0.05, 0.1) is 17.5 Å². The molecule has 0 spiro atoms. The van der Waals surface area contributed by atoms with E-state index in [0.717, 1.165) is 11.1 Å². The second-order valence-corrected chi connectivity index (χ2v) is 10.3. The van der Waals surface area contributed by atoms with Crippen LogP contribution in [0.3, 0.4) is 0 Å². The molecule has 0 radical (unpaired) electrons. The zero-order chi connectivity index (χ0) is 27.9. The van der Waals surface area contributed by atoms with E-state index < -0.39 is 29.7 Å². The van der Waals surface area contributed by atoms with Crippen LogP contribution in [0.2, 0.25) is 0 Å². The van der Waals surface area contributed by atoms with Gasteiger partial charge in [-0.05, 0) is 17.9 Å². The monoisotopic (exact) mass is 542 g/mol. The van der Waals surface area contributed by atoms with Crippen LogP contribution >= 0.6 is 11.8 Å². The molecule has 0 aliphatic carbocycles. The second kappa shape index (κ2) is 16.5. The molecule has 0 saturated carbocycles. The van der Waals surface area contributed by atoms with Gasteiger partial charge in [0.2, 0.25) is 17.7 Å². The first-order valence-electron chi connectivity index (χ1n) is 12.5. The van der Waals surface area contributed by atoms with Crippen LogP contribution in [0.5, 0.6) is 0 Å².